The topological polar surface area (TPSA) is 18.5 Å². The van der Waals surface area contributed by atoms with Crippen LogP contribution < -0.4 is 4.74 Å². The van der Waals surface area contributed by atoms with E-state index in [2.05, 4.69) is 15.9 Å². The first kappa shape index (κ1) is 9.03. The molecule has 0 aromatic heterocycles. The Morgan fingerprint density at radius 2 is 2.38 bits per heavy atom. The third kappa shape index (κ3) is 2.45. The highest BCUT2D eigenvalue weighted by Gasteiger charge is 2.16. The standard InChI is InChI=1S/C10H11BrO2/c11-8-2-1-3-9(6-8)13-10-4-5-12-7-10/h1-3,6,10H,4-5,7H2/t10-/m0/s1. The summed E-state index contributed by atoms with van der Waals surface area (Å²) >= 11 is 3.40. The van der Waals surface area contributed by atoms with Crippen molar-refractivity contribution in [1.29, 1.82) is 0 Å². The summed E-state index contributed by atoms with van der Waals surface area (Å²) in [5, 5.41) is 0. The largest absolute Gasteiger partial charge is 0.488 e. The molecule has 0 unspecified atom stereocenters. The zero-order valence-corrected chi connectivity index (χ0v) is 8.79. The van der Waals surface area contributed by atoms with Gasteiger partial charge < -0.3 is 9.47 Å². The second-order valence-electron chi connectivity index (χ2n) is 3.06. The van der Waals surface area contributed by atoms with Gasteiger partial charge in [-0.15, -0.1) is 0 Å². The smallest absolute Gasteiger partial charge is 0.124 e. The van der Waals surface area contributed by atoms with E-state index < -0.39 is 0 Å². The molecule has 3 heteroatoms. The number of hydrogen-bond acceptors (Lipinski definition) is 2. The van der Waals surface area contributed by atoms with Crippen LogP contribution in [0, 0.1) is 0 Å². The van der Waals surface area contributed by atoms with Crippen LogP contribution in [0.2, 0.25) is 0 Å². The van der Waals surface area contributed by atoms with Crippen LogP contribution in [-0.2, 0) is 4.74 Å². The molecule has 1 aromatic carbocycles. The van der Waals surface area contributed by atoms with E-state index in [1.54, 1.807) is 0 Å². The minimum Gasteiger partial charge on any atom is -0.488 e. The minimum absolute atomic E-state index is 0.231. The number of benzene rings is 1. The maximum absolute atomic E-state index is 5.70. The van der Waals surface area contributed by atoms with E-state index in [0.717, 1.165) is 23.2 Å². The van der Waals surface area contributed by atoms with Gasteiger partial charge in [0.1, 0.15) is 11.9 Å². The predicted octanol–water partition coefficient (Wildman–Crippen LogP) is 2.62. The molecule has 1 atom stereocenters. The van der Waals surface area contributed by atoms with Crippen molar-refractivity contribution >= 4 is 15.9 Å². The molecule has 1 heterocycles. The lowest BCUT2D eigenvalue weighted by molar-refractivity contribution is 0.141. The Labute approximate surface area is 86.0 Å². The second-order valence-corrected chi connectivity index (χ2v) is 3.98. The van der Waals surface area contributed by atoms with Crippen LogP contribution in [0.4, 0.5) is 0 Å². The predicted molar refractivity (Wildman–Crippen MR) is 54.0 cm³/mol. The van der Waals surface area contributed by atoms with Gasteiger partial charge >= 0.3 is 0 Å². The van der Waals surface area contributed by atoms with Crippen molar-refractivity contribution in [2.75, 3.05) is 13.2 Å². The SMILES string of the molecule is Brc1cccc(O[C@H]2CCOC2)c1. The highest BCUT2D eigenvalue weighted by molar-refractivity contribution is 9.10. The minimum atomic E-state index is 0.231. The van der Waals surface area contributed by atoms with Crippen molar-refractivity contribution in [3.63, 3.8) is 0 Å². The molecule has 1 aliphatic rings. The summed E-state index contributed by atoms with van der Waals surface area (Å²) in [6, 6.07) is 7.88. The van der Waals surface area contributed by atoms with Crippen molar-refractivity contribution in [2.45, 2.75) is 12.5 Å². The van der Waals surface area contributed by atoms with Crippen molar-refractivity contribution in [1.82, 2.24) is 0 Å². The van der Waals surface area contributed by atoms with Crippen molar-refractivity contribution in [3.8, 4) is 5.75 Å². The Morgan fingerprint density at radius 3 is 3.08 bits per heavy atom. The second kappa shape index (κ2) is 4.11. The zero-order valence-electron chi connectivity index (χ0n) is 7.20. The number of ether oxygens (including phenoxy) is 2. The summed E-state index contributed by atoms with van der Waals surface area (Å²) in [6.45, 7) is 1.53. The molecule has 0 N–H and O–H groups in total. The van der Waals surface area contributed by atoms with Crippen LogP contribution in [0.1, 0.15) is 6.42 Å². The average Bonchev–Trinajstić information content (AvgIpc) is 2.57. The van der Waals surface area contributed by atoms with Gasteiger partial charge in [-0.3, -0.25) is 0 Å². The molecular formula is C10H11BrO2. The fraction of sp³-hybridized carbons (Fsp3) is 0.400. The van der Waals surface area contributed by atoms with E-state index in [9.17, 15) is 0 Å². The molecule has 1 aromatic rings. The number of rotatable bonds is 2. The van der Waals surface area contributed by atoms with Gasteiger partial charge in [-0.1, -0.05) is 22.0 Å². The van der Waals surface area contributed by atoms with Gasteiger partial charge in [-0.2, -0.15) is 0 Å². The Balaban J connectivity index is 2.00. The van der Waals surface area contributed by atoms with Crippen LogP contribution in [-0.4, -0.2) is 19.3 Å². The molecule has 70 valence electrons. The van der Waals surface area contributed by atoms with Gasteiger partial charge in [-0.25, -0.2) is 0 Å². The number of hydrogen-bond donors (Lipinski definition) is 0. The third-order valence-corrected chi connectivity index (χ3v) is 2.48. The molecule has 0 saturated carbocycles. The van der Waals surface area contributed by atoms with Crippen LogP contribution >= 0.6 is 15.9 Å². The van der Waals surface area contributed by atoms with Crippen molar-refractivity contribution < 1.29 is 9.47 Å². The molecule has 1 aliphatic heterocycles. The van der Waals surface area contributed by atoms with Crippen LogP contribution in [0.5, 0.6) is 5.75 Å². The lowest BCUT2D eigenvalue weighted by Gasteiger charge is -2.11. The normalized spacial score (nSPS) is 21.8. The molecule has 2 rings (SSSR count). The van der Waals surface area contributed by atoms with Gasteiger partial charge in [-0.05, 0) is 18.2 Å². The first-order chi connectivity index (χ1) is 6.34. The average molecular weight is 243 g/mol. The highest BCUT2D eigenvalue weighted by atomic mass is 79.9. The Hall–Kier alpha value is -0.540. The van der Waals surface area contributed by atoms with Gasteiger partial charge in [0.15, 0.2) is 0 Å². The molecule has 13 heavy (non-hydrogen) atoms. The van der Waals surface area contributed by atoms with E-state index in [4.69, 9.17) is 9.47 Å². The first-order valence-electron chi connectivity index (χ1n) is 4.34. The Kier molecular flexibility index (Phi) is 2.86. The molecule has 2 nitrogen and oxygen atoms in total. The monoisotopic (exact) mass is 242 g/mol. The molecule has 0 spiro atoms. The molecule has 0 amide bonds. The summed E-state index contributed by atoms with van der Waals surface area (Å²) in [7, 11) is 0. The summed E-state index contributed by atoms with van der Waals surface area (Å²) in [5.41, 5.74) is 0. The molecule has 1 fully saturated rings. The molecule has 0 radical (unpaired) electrons. The van der Waals surface area contributed by atoms with Crippen LogP contribution in [0.3, 0.4) is 0 Å². The maximum atomic E-state index is 5.70. The molecular weight excluding hydrogens is 232 g/mol. The van der Waals surface area contributed by atoms with E-state index in [-0.39, 0.29) is 6.10 Å². The molecule has 0 bridgehead atoms. The van der Waals surface area contributed by atoms with E-state index in [1.165, 1.54) is 0 Å². The summed E-state index contributed by atoms with van der Waals surface area (Å²) in [4.78, 5) is 0. The van der Waals surface area contributed by atoms with Crippen LogP contribution in [0.15, 0.2) is 28.7 Å². The van der Waals surface area contributed by atoms with Crippen molar-refractivity contribution in [3.05, 3.63) is 28.7 Å². The Morgan fingerprint density at radius 1 is 1.46 bits per heavy atom. The van der Waals surface area contributed by atoms with Crippen molar-refractivity contribution in [2.24, 2.45) is 0 Å². The fourth-order valence-electron chi connectivity index (χ4n) is 1.34. The Bertz CT molecular complexity index is 282. The van der Waals surface area contributed by atoms with Gasteiger partial charge in [0.25, 0.3) is 0 Å². The van der Waals surface area contributed by atoms with Crippen LogP contribution in [0.25, 0.3) is 0 Å². The van der Waals surface area contributed by atoms with Gasteiger partial charge in [0.05, 0.1) is 13.2 Å². The fourth-order valence-corrected chi connectivity index (χ4v) is 1.72. The number of halogens is 1. The van der Waals surface area contributed by atoms with Gasteiger partial charge in [0, 0.05) is 10.9 Å². The summed E-state index contributed by atoms with van der Waals surface area (Å²) < 4.78 is 12.0. The van der Waals surface area contributed by atoms with E-state index in [1.807, 2.05) is 24.3 Å². The van der Waals surface area contributed by atoms with E-state index in [0.29, 0.717) is 6.61 Å². The highest BCUT2D eigenvalue weighted by Crippen LogP contribution is 2.20. The quantitative estimate of drug-likeness (QED) is 0.794. The molecule has 1 saturated heterocycles. The zero-order chi connectivity index (χ0) is 9.10. The first-order valence-corrected chi connectivity index (χ1v) is 5.14. The lowest BCUT2D eigenvalue weighted by atomic mass is 10.3. The summed E-state index contributed by atoms with van der Waals surface area (Å²) in [5.74, 6) is 0.907. The third-order valence-electron chi connectivity index (χ3n) is 1.99. The molecule has 0 aliphatic carbocycles. The summed E-state index contributed by atoms with van der Waals surface area (Å²) in [6.07, 6.45) is 1.22. The van der Waals surface area contributed by atoms with E-state index >= 15 is 0 Å². The van der Waals surface area contributed by atoms with Gasteiger partial charge in [0.2, 0.25) is 0 Å². The maximum Gasteiger partial charge on any atom is 0.124 e. The lowest BCUT2D eigenvalue weighted by Crippen LogP contribution is -2.15.